The molecule has 1 aromatic rings. The number of hydrogen-bond acceptors (Lipinski definition) is 2. The van der Waals surface area contributed by atoms with Gasteiger partial charge < -0.3 is 4.74 Å². The standard InChI is InChI=1S/C21H19NO/c1-23-21-19(17-9-5-2-3-6-10-17)13-16(15-22)14-20(21)18-11-7-4-8-12-18/h2,5-7,9-14H,3-4,8H2,1H3. The number of benzene rings is 1. The molecule has 2 heteroatoms. The highest BCUT2D eigenvalue weighted by Crippen LogP contribution is 2.37. The molecule has 23 heavy (non-hydrogen) atoms. The zero-order chi connectivity index (χ0) is 16.1. The molecule has 1 aromatic carbocycles. The average molecular weight is 301 g/mol. The number of ether oxygens (including phenoxy) is 1. The first-order valence-electron chi connectivity index (χ1n) is 7.86. The molecule has 3 rings (SSSR count). The van der Waals surface area contributed by atoms with Crippen LogP contribution in [0, 0.1) is 11.3 Å². The highest BCUT2D eigenvalue weighted by atomic mass is 16.5. The summed E-state index contributed by atoms with van der Waals surface area (Å²) in [5, 5.41) is 9.42. The molecular formula is C21H19NO. The Hall–Kier alpha value is -2.79. The number of nitrogens with zero attached hydrogens (tertiary/aromatic N) is 1. The van der Waals surface area contributed by atoms with Gasteiger partial charge in [-0.2, -0.15) is 5.26 Å². The second-order valence-corrected chi connectivity index (χ2v) is 5.54. The van der Waals surface area contributed by atoms with Crippen molar-refractivity contribution >= 4 is 11.1 Å². The number of allylic oxidation sites excluding steroid dienone is 10. The van der Waals surface area contributed by atoms with Crippen molar-refractivity contribution in [2.45, 2.75) is 19.3 Å². The SMILES string of the molecule is COc1c(C2=CC=CCC=C2)cc(C#N)cc1C1=CCCC=C1. The highest BCUT2D eigenvalue weighted by Gasteiger charge is 2.16. The molecule has 0 aromatic heterocycles. The Bertz CT molecular complexity index is 798. The first-order chi connectivity index (χ1) is 11.3. The van der Waals surface area contributed by atoms with Gasteiger partial charge in [0.2, 0.25) is 0 Å². The van der Waals surface area contributed by atoms with E-state index in [1.807, 2.05) is 18.2 Å². The van der Waals surface area contributed by atoms with Gasteiger partial charge in [0, 0.05) is 11.1 Å². The summed E-state index contributed by atoms with van der Waals surface area (Å²) in [6.45, 7) is 0. The fourth-order valence-corrected chi connectivity index (χ4v) is 2.91. The van der Waals surface area contributed by atoms with Gasteiger partial charge in [0.1, 0.15) is 5.75 Å². The van der Waals surface area contributed by atoms with Gasteiger partial charge in [-0.3, -0.25) is 0 Å². The van der Waals surface area contributed by atoms with E-state index in [2.05, 4.69) is 48.6 Å². The van der Waals surface area contributed by atoms with Crippen molar-refractivity contribution in [3.05, 3.63) is 77.4 Å². The average Bonchev–Trinajstić information content (AvgIpc) is 2.90. The summed E-state index contributed by atoms with van der Waals surface area (Å²) < 4.78 is 5.74. The first-order valence-corrected chi connectivity index (χ1v) is 7.86. The minimum absolute atomic E-state index is 0.651. The maximum atomic E-state index is 9.42. The summed E-state index contributed by atoms with van der Waals surface area (Å²) in [7, 11) is 1.69. The highest BCUT2D eigenvalue weighted by molar-refractivity contribution is 5.87. The van der Waals surface area contributed by atoms with Crippen LogP contribution in [0.25, 0.3) is 11.1 Å². The third-order valence-corrected chi connectivity index (χ3v) is 4.02. The van der Waals surface area contributed by atoms with Crippen molar-refractivity contribution in [2.75, 3.05) is 7.11 Å². The molecule has 0 spiro atoms. The topological polar surface area (TPSA) is 33.0 Å². The second-order valence-electron chi connectivity index (χ2n) is 5.54. The van der Waals surface area contributed by atoms with Gasteiger partial charge in [0.25, 0.3) is 0 Å². The number of rotatable bonds is 3. The van der Waals surface area contributed by atoms with Crippen molar-refractivity contribution in [3.63, 3.8) is 0 Å². The molecule has 2 aliphatic rings. The molecule has 0 unspecified atom stereocenters. The van der Waals surface area contributed by atoms with Gasteiger partial charge in [0.05, 0.1) is 18.7 Å². The fraction of sp³-hybridized carbons (Fsp3) is 0.190. The minimum atomic E-state index is 0.651. The van der Waals surface area contributed by atoms with E-state index in [-0.39, 0.29) is 0 Å². The Morgan fingerprint density at radius 3 is 2.48 bits per heavy atom. The molecule has 0 bridgehead atoms. The van der Waals surface area contributed by atoms with Crippen LogP contribution in [0.15, 0.2) is 60.7 Å². The number of nitriles is 1. The minimum Gasteiger partial charge on any atom is -0.495 e. The molecule has 0 saturated heterocycles. The quantitative estimate of drug-likeness (QED) is 0.768. The molecule has 0 fully saturated rings. The Balaban J connectivity index is 2.21. The monoisotopic (exact) mass is 301 g/mol. The van der Waals surface area contributed by atoms with E-state index in [9.17, 15) is 5.26 Å². The third-order valence-electron chi connectivity index (χ3n) is 4.02. The smallest absolute Gasteiger partial charge is 0.134 e. The first kappa shape index (κ1) is 15.1. The molecule has 0 N–H and O–H groups in total. The Morgan fingerprint density at radius 2 is 1.78 bits per heavy atom. The normalized spacial score (nSPS) is 16.3. The molecule has 0 heterocycles. The fourth-order valence-electron chi connectivity index (χ4n) is 2.91. The molecule has 114 valence electrons. The maximum Gasteiger partial charge on any atom is 0.134 e. The molecule has 0 atom stereocenters. The van der Waals surface area contributed by atoms with Crippen molar-refractivity contribution in [1.29, 1.82) is 5.26 Å². The lowest BCUT2D eigenvalue weighted by atomic mass is 9.92. The predicted molar refractivity (Wildman–Crippen MR) is 94.9 cm³/mol. The summed E-state index contributed by atoms with van der Waals surface area (Å²) in [6.07, 6.45) is 19.9. The Morgan fingerprint density at radius 1 is 1.00 bits per heavy atom. The van der Waals surface area contributed by atoms with Gasteiger partial charge in [-0.1, -0.05) is 48.6 Å². The summed E-state index contributed by atoms with van der Waals surface area (Å²) in [5.41, 5.74) is 4.79. The van der Waals surface area contributed by atoms with E-state index >= 15 is 0 Å². The summed E-state index contributed by atoms with van der Waals surface area (Å²) in [4.78, 5) is 0. The zero-order valence-corrected chi connectivity index (χ0v) is 13.3. The van der Waals surface area contributed by atoms with Crippen LogP contribution in [-0.4, -0.2) is 7.11 Å². The van der Waals surface area contributed by atoms with Crippen LogP contribution in [0.5, 0.6) is 5.75 Å². The molecule has 2 nitrogen and oxygen atoms in total. The number of hydrogen-bond donors (Lipinski definition) is 0. The molecule has 2 aliphatic carbocycles. The van der Waals surface area contributed by atoms with Crippen LogP contribution in [0.4, 0.5) is 0 Å². The Kier molecular flexibility index (Phi) is 4.59. The lowest BCUT2D eigenvalue weighted by molar-refractivity contribution is 0.412. The van der Waals surface area contributed by atoms with E-state index in [1.54, 1.807) is 7.11 Å². The van der Waals surface area contributed by atoms with Gasteiger partial charge in [-0.25, -0.2) is 0 Å². The van der Waals surface area contributed by atoms with Gasteiger partial charge in [-0.05, 0) is 42.5 Å². The molecule has 0 radical (unpaired) electrons. The molecular weight excluding hydrogens is 282 g/mol. The van der Waals surface area contributed by atoms with Crippen LogP contribution >= 0.6 is 0 Å². The number of methoxy groups -OCH3 is 1. The lowest BCUT2D eigenvalue weighted by Crippen LogP contribution is -1.99. The second kappa shape index (κ2) is 6.98. The summed E-state index contributed by atoms with van der Waals surface area (Å²) in [6, 6.07) is 6.10. The Labute approximate surface area is 137 Å². The van der Waals surface area contributed by atoms with Gasteiger partial charge in [0.15, 0.2) is 0 Å². The summed E-state index contributed by atoms with van der Waals surface area (Å²) in [5.74, 6) is 0.827. The van der Waals surface area contributed by atoms with Crippen molar-refractivity contribution in [2.24, 2.45) is 0 Å². The molecule has 0 aliphatic heterocycles. The maximum absolute atomic E-state index is 9.42. The van der Waals surface area contributed by atoms with E-state index < -0.39 is 0 Å². The van der Waals surface area contributed by atoms with E-state index in [0.717, 1.165) is 47.3 Å². The van der Waals surface area contributed by atoms with E-state index in [1.165, 1.54) is 0 Å². The van der Waals surface area contributed by atoms with Crippen LogP contribution < -0.4 is 4.74 Å². The van der Waals surface area contributed by atoms with Crippen molar-refractivity contribution in [3.8, 4) is 11.8 Å². The van der Waals surface area contributed by atoms with Crippen LogP contribution in [0.1, 0.15) is 36.0 Å². The van der Waals surface area contributed by atoms with Gasteiger partial charge in [-0.15, -0.1) is 0 Å². The zero-order valence-electron chi connectivity index (χ0n) is 13.3. The molecule has 0 amide bonds. The van der Waals surface area contributed by atoms with Crippen LogP contribution in [0.2, 0.25) is 0 Å². The van der Waals surface area contributed by atoms with Crippen LogP contribution in [0.3, 0.4) is 0 Å². The van der Waals surface area contributed by atoms with Gasteiger partial charge >= 0.3 is 0 Å². The predicted octanol–water partition coefficient (Wildman–Crippen LogP) is 5.20. The van der Waals surface area contributed by atoms with E-state index in [0.29, 0.717) is 5.56 Å². The van der Waals surface area contributed by atoms with Crippen molar-refractivity contribution in [1.82, 2.24) is 0 Å². The summed E-state index contributed by atoms with van der Waals surface area (Å²) >= 11 is 0. The lowest BCUT2D eigenvalue weighted by Gasteiger charge is -2.17. The third kappa shape index (κ3) is 3.19. The van der Waals surface area contributed by atoms with E-state index in [4.69, 9.17) is 4.74 Å². The van der Waals surface area contributed by atoms with Crippen molar-refractivity contribution < 1.29 is 4.74 Å². The largest absolute Gasteiger partial charge is 0.495 e. The molecule has 0 saturated carbocycles. The van der Waals surface area contributed by atoms with Crippen LogP contribution in [-0.2, 0) is 0 Å².